The molecular weight excluding hydrogens is 290 g/mol. The predicted octanol–water partition coefficient (Wildman–Crippen LogP) is 2.30. The number of carbonyl (C=O) groups is 2. The molecule has 2 amide bonds. The maximum absolute atomic E-state index is 12.5. The maximum atomic E-state index is 12.5. The Hall–Kier alpha value is -2.56. The highest BCUT2D eigenvalue weighted by molar-refractivity contribution is 5.94. The minimum absolute atomic E-state index is 0.0272. The molecule has 120 valence electrons. The second-order valence-electron chi connectivity index (χ2n) is 6.01. The van der Waals surface area contributed by atoms with Crippen LogP contribution in [0, 0.1) is 5.92 Å². The summed E-state index contributed by atoms with van der Waals surface area (Å²) in [5.41, 5.74) is 1.28. The number of benzene rings is 1. The van der Waals surface area contributed by atoms with E-state index < -0.39 is 0 Å². The van der Waals surface area contributed by atoms with Crippen molar-refractivity contribution in [3.05, 3.63) is 59.9 Å². The number of nitrogens with one attached hydrogen (secondary N) is 2. The maximum Gasteiger partial charge on any atom is 0.267 e. The van der Waals surface area contributed by atoms with Crippen molar-refractivity contribution in [1.29, 1.82) is 0 Å². The number of aromatic amines is 1. The van der Waals surface area contributed by atoms with E-state index in [1.54, 1.807) is 18.3 Å². The first-order valence-electron chi connectivity index (χ1n) is 7.93. The molecule has 1 aromatic heterocycles. The summed E-state index contributed by atoms with van der Waals surface area (Å²) in [6.45, 7) is 3.42. The van der Waals surface area contributed by atoms with Gasteiger partial charge in [-0.2, -0.15) is 0 Å². The van der Waals surface area contributed by atoms with Crippen molar-refractivity contribution in [3.63, 3.8) is 0 Å². The zero-order chi connectivity index (χ0) is 16.2. The zero-order valence-electron chi connectivity index (χ0n) is 13.2. The van der Waals surface area contributed by atoms with Crippen LogP contribution in [0.5, 0.6) is 0 Å². The second-order valence-corrected chi connectivity index (χ2v) is 6.01. The van der Waals surface area contributed by atoms with Crippen LogP contribution in [0.4, 0.5) is 0 Å². The lowest BCUT2D eigenvalue weighted by atomic mass is 10.0. The van der Waals surface area contributed by atoms with Gasteiger partial charge in [-0.15, -0.1) is 0 Å². The highest BCUT2D eigenvalue weighted by atomic mass is 16.2. The molecule has 1 saturated heterocycles. The average molecular weight is 311 g/mol. The minimum atomic E-state index is -0.102. The number of nitrogens with zero attached hydrogens (tertiary/aromatic N) is 1. The van der Waals surface area contributed by atoms with E-state index in [-0.39, 0.29) is 23.8 Å². The van der Waals surface area contributed by atoms with Gasteiger partial charge in [0.15, 0.2) is 0 Å². The summed E-state index contributed by atoms with van der Waals surface area (Å²) in [6.07, 6.45) is 2.64. The van der Waals surface area contributed by atoms with Crippen LogP contribution in [0.25, 0.3) is 0 Å². The lowest BCUT2D eigenvalue weighted by molar-refractivity contribution is 0.0784. The van der Waals surface area contributed by atoms with E-state index in [1.807, 2.05) is 42.2 Å². The van der Waals surface area contributed by atoms with Crippen LogP contribution in [-0.4, -0.2) is 40.8 Å². The number of rotatable bonds is 4. The molecule has 0 spiro atoms. The Morgan fingerprint density at radius 2 is 2.00 bits per heavy atom. The molecule has 2 heterocycles. The van der Waals surface area contributed by atoms with Gasteiger partial charge in [0.1, 0.15) is 5.69 Å². The monoisotopic (exact) mass is 311 g/mol. The lowest BCUT2D eigenvalue weighted by Crippen LogP contribution is -2.40. The first-order valence-corrected chi connectivity index (χ1v) is 7.93. The van der Waals surface area contributed by atoms with Crippen molar-refractivity contribution >= 4 is 11.8 Å². The number of aromatic nitrogens is 1. The lowest BCUT2D eigenvalue weighted by Gasteiger charge is -2.21. The summed E-state index contributed by atoms with van der Waals surface area (Å²) in [5.74, 6) is 0.243. The molecule has 0 saturated carbocycles. The average Bonchev–Trinajstić information content (AvgIpc) is 3.26. The van der Waals surface area contributed by atoms with E-state index in [1.165, 1.54) is 0 Å². The van der Waals surface area contributed by atoms with Gasteiger partial charge in [-0.25, -0.2) is 0 Å². The summed E-state index contributed by atoms with van der Waals surface area (Å²) in [4.78, 5) is 29.3. The third-order valence-corrected chi connectivity index (χ3v) is 4.44. The van der Waals surface area contributed by atoms with Crippen molar-refractivity contribution in [2.45, 2.75) is 19.4 Å². The summed E-state index contributed by atoms with van der Waals surface area (Å²) in [6, 6.07) is 12.9. The second kappa shape index (κ2) is 6.69. The van der Waals surface area contributed by atoms with Crippen LogP contribution in [-0.2, 0) is 0 Å². The Morgan fingerprint density at radius 3 is 2.70 bits per heavy atom. The molecule has 2 aromatic rings. The number of carbonyl (C=O) groups excluding carboxylic acids is 2. The quantitative estimate of drug-likeness (QED) is 0.910. The van der Waals surface area contributed by atoms with Crippen molar-refractivity contribution < 1.29 is 9.59 Å². The van der Waals surface area contributed by atoms with Gasteiger partial charge < -0.3 is 15.2 Å². The summed E-state index contributed by atoms with van der Waals surface area (Å²) in [7, 11) is 0. The third kappa shape index (κ3) is 3.44. The third-order valence-electron chi connectivity index (χ3n) is 4.44. The number of hydrogen-bond acceptors (Lipinski definition) is 2. The van der Waals surface area contributed by atoms with Crippen LogP contribution in [0.2, 0.25) is 0 Å². The molecule has 1 aromatic carbocycles. The van der Waals surface area contributed by atoms with Crippen LogP contribution >= 0.6 is 0 Å². The Kier molecular flexibility index (Phi) is 4.46. The van der Waals surface area contributed by atoms with Crippen molar-refractivity contribution in [3.8, 4) is 0 Å². The Labute approximate surface area is 135 Å². The predicted molar refractivity (Wildman–Crippen MR) is 88.2 cm³/mol. The molecule has 1 aliphatic heterocycles. The molecule has 1 aliphatic rings. The van der Waals surface area contributed by atoms with Gasteiger partial charge in [0.2, 0.25) is 0 Å². The smallest absolute Gasteiger partial charge is 0.267 e. The molecule has 2 atom stereocenters. The molecule has 3 rings (SSSR count). The van der Waals surface area contributed by atoms with E-state index in [0.29, 0.717) is 12.2 Å². The van der Waals surface area contributed by atoms with Crippen LogP contribution < -0.4 is 5.32 Å². The molecule has 0 radical (unpaired) electrons. The van der Waals surface area contributed by atoms with Crippen LogP contribution in [0.1, 0.15) is 34.2 Å². The number of H-pyrrole nitrogens is 1. The van der Waals surface area contributed by atoms with E-state index in [2.05, 4.69) is 10.3 Å². The topological polar surface area (TPSA) is 65.2 Å². The van der Waals surface area contributed by atoms with Crippen LogP contribution in [0.3, 0.4) is 0 Å². The molecule has 2 N–H and O–H groups in total. The molecule has 5 heteroatoms. The van der Waals surface area contributed by atoms with Crippen LogP contribution in [0.15, 0.2) is 48.7 Å². The first-order chi connectivity index (χ1) is 11.1. The van der Waals surface area contributed by atoms with Gasteiger partial charge in [0, 0.05) is 30.9 Å². The van der Waals surface area contributed by atoms with Crippen molar-refractivity contribution in [1.82, 2.24) is 15.2 Å². The number of amides is 2. The van der Waals surface area contributed by atoms with Gasteiger partial charge >= 0.3 is 0 Å². The molecule has 0 aliphatic carbocycles. The normalized spacial score (nSPS) is 18.7. The molecule has 1 fully saturated rings. The van der Waals surface area contributed by atoms with Crippen molar-refractivity contribution in [2.75, 3.05) is 13.1 Å². The highest BCUT2D eigenvalue weighted by Gasteiger charge is 2.31. The van der Waals surface area contributed by atoms with Gasteiger partial charge in [0.05, 0.1) is 0 Å². The van der Waals surface area contributed by atoms with Gasteiger partial charge in [-0.3, -0.25) is 9.59 Å². The zero-order valence-corrected chi connectivity index (χ0v) is 13.2. The standard InChI is InChI=1S/C18H21N3O2/c1-13(20-17(22)16-8-5-10-19-16)15-9-11-21(12-15)18(23)14-6-3-2-4-7-14/h2-8,10,13,15,19H,9,11-12H2,1H3,(H,20,22). The van der Waals surface area contributed by atoms with E-state index in [9.17, 15) is 9.59 Å². The highest BCUT2D eigenvalue weighted by Crippen LogP contribution is 2.22. The minimum Gasteiger partial charge on any atom is -0.357 e. The largest absolute Gasteiger partial charge is 0.357 e. The number of likely N-dealkylation sites (tertiary alicyclic amines) is 1. The Morgan fingerprint density at radius 1 is 1.22 bits per heavy atom. The van der Waals surface area contributed by atoms with Crippen molar-refractivity contribution in [2.24, 2.45) is 5.92 Å². The summed E-state index contributed by atoms with van der Waals surface area (Å²) < 4.78 is 0. The fourth-order valence-corrected chi connectivity index (χ4v) is 3.02. The Bertz CT molecular complexity index is 667. The summed E-state index contributed by atoms with van der Waals surface area (Å²) >= 11 is 0. The van der Waals surface area contributed by atoms with E-state index >= 15 is 0 Å². The number of hydrogen-bond donors (Lipinski definition) is 2. The molecule has 23 heavy (non-hydrogen) atoms. The van der Waals surface area contributed by atoms with E-state index in [4.69, 9.17) is 0 Å². The van der Waals surface area contributed by atoms with Gasteiger partial charge in [-0.1, -0.05) is 18.2 Å². The molecular formula is C18H21N3O2. The fraction of sp³-hybridized carbons (Fsp3) is 0.333. The molecule has 0 bridgehead atoms. The van der Waals surface area contributed by atoms with Gasteiger partial charge in [0.25, 0.3) is 11.8 Å². The van der Waals surface area contributed by atoms with E-state index in [0.717, 1.165) is 18.5 Å². The summed E-state index contributed by atoms with van der Waals surface area (Å²) in [5, 5.41) is 3.02. The molecule has 2 unspecified atom stereocenters. The Balaban J connectivity index is 1.57. The molecule has 5 nitrogen and oxygen atoms in total. The first kappa shape index (κ1) is 15.3. The SMILES string of the molecule is CC(NC(=O)c1ccc[nH]1)C1CCN(C(=O)c2ccccc2)C1. The van der Waals surface area contributed by atoms with Gasteiger partial charge in [-0.05, 0) is 43.5 Å². The fourth-order valence-electron chi connectivity index (χ4n) is 3.02.